The van der Waals surface area contributed by atoms with E-state index in [1.807, 2.05) is 12.1 Å². The van der Waals surface area contributed by atoms with Gasteiger partial charge in [-0.05, 0) is 48.5 Å². The molecule has 33 heavy (non-hydrogen) atoms. The minimum Gasteiger partial charge on any atom is -0.492 e. The maximum atomic E-state index is 13.4. The molecule has 8 nitrogen and oxygen atoms in total. The Labute approximate surface area is 190 Å². The smallest absolute Gasteiger partial charge is 0.261 e. The van der Waals surface area contributed by atoms with Gasteiger partial charge in [0, 0.05) is 30.4 Å². The van der Waals surface area contributed by atoms with E-state index in [4.69, 9.17) is 4.74 Å². The molecule has 0 aliphatic carbocycles. The number of carbonyl (C=O) groups excluding carboxylic acids is 1. The van der Waals surface area contributed by atoms with Crippen molar-refractivity contribution in [2.45, 2.75) is 0 Å². The zero-order chi connectivity index (χ0) is 23.4. The Kier molecular flexibility index (Phi) is 6.27. The first kappa shape index (κ1) is 22.3. The van der Waals surface area contributed by atoms with Crippen molar-refractivity contribution < 1.29 is 22.3 Å². The van der Waals surface area contributed by atoms with E-state index in [9.17, 15) is 17.6 Å². The molecule has 4 rings (SSSR count). The molecule has 0 radical (unpaired) electrons. The van der Waals surface area contributed by atoms with Crippen LogP contribution >= 0.6 is 0 Å². The summed E-state index contributed by atoms with van der Waals surface area (Å²) >= 11 is 0. The summed E-state index contributed by atoms with van der Waals surface area (Å²) in [7, 11) is -3.14. The summed E-state index contributed by atoms with van der Waals surface area (Å²) in [5.41, 5.74) is 1.38. The SMILES string of the molecule is CS(=O)(=O)CCOc1cccc(NC(=O)c2cnn(-c3ccc(F)cc3)c2-n2cccc2)c1. The van der Waals surface area contributed by atoms with Gasteiger partial charge in [0.15, 0.2) is 15.7 Å². The third kappa shape index (κ3) is 5.47. The molecule has 170 valence electrons. The molecule has 1 amide bonds. The third-order valence-electron chi connectivity index (χ3n) is 4.72. The van der Waals surface area contributed by atoms with Crippen molar-refractivity contribution in [3.05, 3.63) is 90.6 Å². The highest BCUT2D eigenvalue weighted by molar-refractivity contribution is 7.90. The van der Waals surface area contributed by atoms with Gasteiger partial charge in [0.05, 0.1) is 17.6 Å². The minimum atomic E-state index is -3.14. The molecule has 0 aliphatic heterocycles. The Morgan fingerprint density at radius 2 is 1.82 bits per heavy atom. The Balaban J connectivity index is 1.59. The van der Waals surface area contributed by atoms with Crippen molar-refractivity contribution >= 4 is 21.4 Å². The molecule has 2 aromatic carbocycles. The quantitative estimate of drug-likeness (QED) is 0.427. The van der Waals surface area contributed by atoms with Crippen molar-refractivity contribution in [3.8, 4) is 17.3 Å². The van der Waals surface area contributed by atoms with E-state index < -0.39 is 15.7 Å². The number of nitrogens with zero attached hydrogens (tertiary/aromatic N) is 3. The van der Waals surface area contributed by atoms with Crippen LogP contribution in [0.1, 0.15) is 10.4 Å². The van der Waals surface area contributed by atoms with Crippen LogP contribution in [0.25, 0.3) is 11.5 Å². The number of carbonyl (C=O) groups is 1. The first-order valence-corrected chi connectivity index (χ1v) is 12.1. The molecular formula is C23H21FN4O4S. The fourth-order valence-corrected chi connectivity index (χ4v) is 3.56. The number of ether oxygens (including phenoxy) is 1. The predicted molar refractivity (Wildman–Crippen MR) is 122 cm³/mol. The van der Waals surface area contributed by atoms with Gasteiger partial charge in [-0.3, -0.25) is 4.79 Å². The van der Waals surface area contributed by atoms with Crippen LogP contribution in [0.15, 0.2) is 79.3 Å². The summed E-state index contributed by atoms with van der Waals surface area (Å²) in [6.45, 7) is 0.0124. The number of hydrogen-bond acceptors (Lipinski definition) is 5. The molecule has 0 atom stereocenters. The Morgan fingerprint density at radius 3 is 2.52 bits per heavy atom. The van der Waals surface area contributed by atoms with Crippen LogP contribution < -0.4 is 10.1 Å². The first-order valence-electron chi connectivity index (χ1n) is 9.99. The number of rotatable bonds is 8. The highest BCUT2D eigenvalue weighted by Gasteiger charge is 2.20. The van der Waals surface area contributed by atoms with Crippen molar-refractivity contribution in [1.82, 2.24) is 14.3 Å². The van der Waals surface area contributed by atoms with Gasteiger partial charge in [0.1, 0.15) is 23.7 Å². The molecule has 10 heteroatoms. The molecule has 4 aromatic rings. The lowest BCUT2D eigenvalue weighted by Crippen LogP contribution is -2.15. The number of benzene rings is 2. The van der Waals surface area contributed by atoms with Crippen LogP contribution in [0.4, 0.5) is 10.1 Å². The van der Waals surface area contributed by atoms with E-state index in [1.165, 1.54) is 18.3 Å². The molecule has 0 spiro atoms. The molecule has 0 aliphatic rings. The van der Waals surface area contributed by atoms with E-state index in [2.05, 4.69) is 10.4 Å². The van der Waals surface area contributed by atoms with Crippen molar-refractivity contribution in [2.24, 2.45) is 0 Å². The van der Waals surface area contributed by atoms with Gasteiger partial charge >= 0.3 is 0 Å². The molecule has 0 bridgehead atoms. The summed E-state index contributed by atoms with van der Waals surface area (Å²) in [5.74, 6) is 0.0472. The molecule has 2 heterocycles. The lowest BCUT2D eigenvalue weighted by molar-refractivity contribution is 0.102. The predicted octanol–water partition coefficient (Wildman–Crippen LogP) is 3.48. The second kappa shape index (κ2) is 9.29. The summed E-state index contributed by atoms with van der Waals surface area (Å²) in [6.07, 6.45) is 6.15. The largest absolute Gasteiger partial charge is 0.492 e. The van der Waals surface area contributed by atoms with Crippen LogP contribution in [0.3, 0.4) is 0 Å². The number of nitrogens with one attached hydrogen (secondary N) is 1. The van der Waals surface area contributed by atoms with Crippen LogP contribution in [0.5, 0.6) is 5.75 Å². The first-order chi connectivity index (χ1) is 15.8. The fraction of sp³-hybridized carbons (Fsp3) is 0.130. The summed E-state index contributed by atoms with van der Waals surface area (Å²) in [5, 5.41) is 7.16. The standard InChI is InChI=1S/C23H21FN4O4S/c1-33(30,31)14-13-32-20-6-4-5-18(15-20)26-22(29)21-16-25-28(19-9-7-17(24)8-10-19)23(21)27-11-2-3-12-27/h2-12,15-16H,13-14H2,1H3,(H,26,29). The van der Waals surface area contributed by atoms with Gasteiger partial charge < -0.3 is 14.6 Å². The number of sulfone groups is 1. The second-order valence-corrected chi connectivity index (χ2v) is 9.58. The van der Waals surface area contributed by atoms with E-state index in [-0.39, 0.29) is 18.2 Å². The minimum absolute atomic E-state index is 0.0124. The van der Waals surface area contributed by atoms with Gasteiger partial charge in [0.25, 0.3) is 5.91 Å². The van der Waals surface area contributed by atoms with Gasteiger partial charge in [-0.15, -0.1) is 0 Å². The summed E-state index contributed by atoms with van der Waals surface area (Å²) < 4.78 is 44.7. The van der Waals surface area contributed by atoms with Crippen LogP contribution in [0.2, 0.25) is 0 Å². The third-order valence-corrected chi connectivity index (χ3v) is 5.63. The van der Waals surface area contributed by atoms with Crippen LogP contribution in [-0.4, -0.2) is 47.3 Å². The highest BCUT2D eigenvalue weighted by Crippen LogP contribution is 2.23. The molecule has 0 fully saturated rings. The lowest BCUT2D eigenvalue weighted by Gasteiger charge is -2.12. The van der Waals surface area contributed by atoms with Crippen molar-refractivity contribution in [2.75, 3.05) is 23.9 Å². The van der Waals surface area contributed by atoms with Crippen molar-refractivity contribution in [3.63, 3.8) is 0 Å². The normalized spacial score (nSPS) is 11.3. The average molecular weight is 469 g/mol. The lowest BCUT2D eigenvalue weighted by atomic mass is 10.2. The molecule has 1 N–H and O–H groups in total. The molecular weight excluding hydrogens is 447 g/mol. The molecule has 0 saturated heterocycles. The Bertz CT molecular complexity index is 1360. The van der Waals surface area contributed by atoms with Gasteiger partial charge in [-0.2, -0.15) is 5.10 Å². The van der Waals surface area contributed by atoms with Crippen LogP contribution in [-0.2, 0) is 9.84 Å². The molecule has 0 saturated carbocycles. The zero-order valence-electron chi connectivity index (χ0n) is 17.7. The second-order valence-electron chi connectivity index (χ2n) is 7.32. The van der Waals surface area contributed by atoms with E-state index in [0.29, 0.717) is 28.5 Å². The highest BCUT2D eigenvalue weighted by atomic mass is 32.2. The van der Waals surface area contributed by atoms with Gasteiger partial charge in [-0.1, -0.05) is 6.07 Å². The average Bonchev–Trinajstić information content (AvgIpc) is 3.43. The number of anilines is 1. The Hall–Kier alpha value is -3.92. The number of hydrogen-bond donors (Lipinski definition) is 1. The van der Waals surface area contributed by atoms with Gasteiger partial charge in [0.2, 0.25) is 0 Å². The van der Waals surface area contributed by atoms with Crippen LogP contribution in [0, 0.1) is 5.82 Å². The maximum absolute atomic E-state index is 13.4. The Morgan fingerprint density at radius 1 is 1.09 bits per heavy atom. The number of aromatic nitrogens is 3. The van der Waals surface area contributed by atoms with Gasteiger partial charge in [-0.25, -0.2) is 17.5 Å². The summed E-state index contributed by atoms with van der Waals surface area (Å²) in [6, 6.07) is 16.1. The topological polar surface area (TPSA) is 95.2 Å². The summed E-state index contributed by atoms with van der Waals surface area (Å²) in [4.78, 5) is 13.1. The number of amides is 1. The van der Waals surface area contributed by atoms with E-state index in [0.717, 1.165) is 6.26 Å². The van der Waals surface area contributed by atoms with E-state index in [1.54, 1.807) is 58.0 Å². The zero-order valence-corrected chi connectivity index (χ0v) is 18.5. The fourth-order valence-electron chi connectivity index (χ4n) is 3.17. The van der Waals surface area contributed by atoms with Crippen molar-refractivity contribution in [1.29, 1.82) is 0 Å². The van der Waals surface area contributed by atoms with E-state index >= 15 is 0 Å². The molecule has 0 unspecified atom stereocenters. The monoisotopic (exact) mass is 468 g/mol. The number of halogens is 1. The maximum Gasteiger partial charge on any atom is 0.261 e. The molecule has 2 aromatic heterocycles.